The van der Waals surface area contributed by atoms with Crippen LogP contribution in [-0.4, -0.2) is 25.5 Å². The lowest BCUT2D eigenvalue weighted by atomic mass is 9.71. The Morgan fingerprint density at radius 3 is 2.54 bits per heavy atom. The quantitative estimate of drug-likeness (QED) is 0.341. The van der Waals surface area contributed by atoms with Crippen LogP contribution in [0.4, 0.5) is 0 Å². The Labute approximate surface area is 210 Å². The van der Waals surface area contributed by atoms with Crippen molar-refractivity contribution in [3.8, 4) is 11.3 Å². The fourth-order valence-electron chi connectivity index (χ4n) is 7.32. The number of fused-ring (bicyclic) bond motifs is 4. The second-order valence-electron chi connectivity index (χ2n) is 11.3. The lowest BCUT2D eigenvalue weighted by Crippen LogP contribution is -2.29. The molecule has 1 amide bonds. The van der Waals surface area contributed by atoms with E-state index in [-0.39, 0.29) is 5.91 Å². The zero-order chi connectivity index (χ0) is 24.6. The molecule has 6 rings (SSSR count). The molecule has 0 radical (unpaired) electrons. The van der Waals surface area contributed by atoms with Crippen LogP contribution in [0.2, 0.25) is 0 Å². The fourth-order valence-corrected chi connectivity index (χ4v) is 8.67. The van der Waals surface area contributed by atoms with Gasteiger partial charge in [-0.25, -0.2) is 9.50 Å². The first kappa shape index (κ1) is 22.8. The number of carbonyl (C=O) groups excluding carboxylic acids is 1. The zero-order valence-electron chi connectivity index (χ0n) is 21.3. The van der Waals surface area contributed by atoms with E-state index in [0.29, 0.717) is 36.0 Å². The van der Waals surface area contributed by atoms with Gasteiger partial charge in [-0.1, -0.05) is 13.8 Å². The molecule has 2 bridgehead atoms. The summed E-state index contributed by atoms with van der Waals surface area (Å²) in [4.78, 5) is 22.8. The first-order chi connectivity index (χ1) is 16.7. The predicted octanol–water partition coefficient (Wildman–Crippen LogP) is 6.38. The highest BCUT2D eigenvalue weighted by Gasteiger charge is 2.44. The smallest absolute Gasteiger partial charge is 0.217 e. The predicted molar refractivity (Wildman–Crippen MR) is 142 cm³/mol. The van der Waals surface area contributed by atoms with Crippen LogP contribution in [-0.2, 0) is 4.79 Å². The number of nitrogens with two attached hydrogens (primary N) is 1. The van der Waals surface area contributed by atoms with Crippen molar-refractivity contribution in [1.82, 2.24) is 19.6 Å². The molecule has 0 spiro atoms. The molecule has 2 unspecified atom stereocenters. The average Bonchev–Trinajstić information content (AvgIpc) is 3.53. The molecule has 0 saturated heterocycles. The number of carbonyl (C=O) groups is 1. The number of nitrogens with one attached hydrogen (secondary N) is 1. The Morgan fingerprint density at radius 1 is 1.17 bits per heavy atom. The zero-order valence-corrected chi connectivity index (χ0v) is 22.1. The number of hydrogen-bond acceptors (Lipinski definition) is 4. The van der Waals surface area contributed by atoms with Crippen LogP contribution in [0.5, 0.6) is 0 Å². The van der Waals surface area contributed by atoms with Crippen molar-refractivity contribution in [3.63, 3.8) is 0 Å². The molecule has 7 heteroatoms. The molecule has 4 heterocycles. The number of nitrogens with zero attached hydrogens (tertiary/aromatic N) is 3. The molecule has 2 aliphatic rings. The molecule has 0 aromatic carbocycles. The summed E-state index contributed by atoms with van der Waals surface area (Å²) in [5.74, 6) is 2.66. The third-order valence-corrected chi connectivity index (χ3v) is 10.4. The van der Waals surface area contributed by atoms with Crippen LogP contribution in [0, 0.1) is 38.5 Å². The van der Waals surface area contributed by atoms with Gasteiger partial charge in [0.15, 0.2) is 5.65 Å². The highest BCUT2D eigenvalue weighted by atomic mass is 32.1. The summed E-state index contributed by atoms with van der Waals surface area (Å²) in [7, 11) is 0. The van der Waals surface area contributed by atoms with E-state index in [4.69, 9.17) is 5.73 Å². The van der Waals surface area contributed by atoms with Gasteiger partial charge in [0, 0.05) is 28.4 Å². The number of aromatic amines is 1. The van der Waals surface area contributed by atoms with Crippen molar-refractivity contribution in [3.05, 3.63) is 39.7 Å². The number of H-pyrrole nitrogens is 1. The van der Waals surface area contributed by atoms with Gasteiger partial charge in [0.1, 0.15) is 11.2 Å². The van der Waals surface area contributed by atoms with Gasteiger partial charge in [-0.15, -0.1) is 11.3 Å². The maximum atomic E-state index is 11.6. The maximum Gasteiger partial charge on any atom is 0.217 e. The molecule has 4 atom stereocenters. The fraction of sp³-hybridized carbons (Fsp3) is 0.536. The van der Waals surface area contributed by atoms with Gasteiger partial charge < -0.3 is 10.7 Å². The van der Waals surface area contributed by atoms with E-state index < -0.39 is 0 Å². The minimum Gasteiger partial charge on any atom is -0.370 e. The Balaban J connectivity index is 1.43. The van der Waals surface area contributed by atoms with Gasteiger partial charge in [-0.2, -0.15) is 5.10 Å². The molecule has 4 aromatic heterocycles. The van der Waals surface area contributed by atoms with Gasteiger partial charge in [-0.05, 0) is 98.3 Å². The molecule has 2 aliphatic carbocycles. The Hall–Kier alpha value is -2.67. The molecule has 2 saturated carbocycles. The molecule has 3 N–H and O–H groups in total. The highest BCUT2D eigenvalue weighted by molar-refractivity contribution is 7.19. The first-order valence-electron chi connectivity index (χ1n) is 13.0. The van der Waals surface area contributed by atoms with Crippen molar-refractivity contribution in [2.45, 2.75) is 78.6 Å². The summed E-state index contributed by atoms with van der Waals surface area (Å²) in [5, 5.41) is 5.84. The van der Waals surface area contributed by atoms with Crippen LogP contribution in [0.25, 0.3) is 27.1 Å². The molecule has 184 valence electrons. The number of pyridine rings is 1. The lowest BCUT2D eigenvalue weighted by molar-refractivity contribution is -0.119. The van der Waals surface area contributed by atoms with E-state index in [9.17, 15) is 4.79 Å². The third kappa shape index (κ3) is 3.45. The minimum absolute atomic E-state index is 0.130. The molecular weight excluding hydrogens is 454 g/mol. The van der Waals surface area contributed by atoms with Crippen LogP contribution in [0.15, 0.2) is 12.5 Å². The van der Waals surface area contributed by atoms with Gasteiger partial charge in [0.05, 0.1) is 5.69 Å². The summed E-state index contributed by atoms with van der Waals surface area (Å²) in [6.45, 7) is 11.3. The topological polar surface area (TPSA) is 89.1 Å². The number of thiophene rings is 1. The summed E-state index contributed by atoms with van der Waals surface area (Å²) < 4.78 is 1.90. The Kier molecular flexibility index (Phi) is 5.33. The van der Waals surface area contributed by atoms with Crippen molar-refractivity contribution in [2.24, 2.45) is 23.5 Å². The molecule has 2 fully saturated rings. The second kappa shape index (κ2) is 8.19. The monoisotopic (exact) mass is 489 g/mol. The van der Waals surface area contributed by atoms with E-state index in [2.05, 4.69) is 55.9 Å². The Morgan fingerprint density at radius 2 is 1.89 bits per heavy atom. The van der Waals surface area contributed by atoms with Crippen LogP contribution in [0.1, 0.15) is 84.9 Å². The first-order valence-corrected chi connectivity index (χ1v) is 13.8. The number of aryl methyl sites for hydroxylation is 2. The van der Waals surface area contributed by atoms with Gasteiger partial charge in [0.25, 0.3) is 0 Å². The number of rotatable bonds is 5. The second-order valence-corrected chi connectivity index (χ2v) is 12.3. The van der Waals surface area contributed by atoms with E-state index >= 15 is 0 Å². The standard InChI is InChI=1S/C28H35N5OS/c1-13(2)23-24-16(5)26(19-8-17-6-7-18(9-19)20(17)10-22(29)34)35-28(24)32-25(23)21-11-33-27(30-12-31-33)15(4)14(21)3/h11-13,17-20,32H,6-10H2,1-5H3,(H2,29,34)/t17-,18?,19-,20?/m1/s1. The Bertz CT molecular complexity index is 1440. The number of primary amides is 1. The molecule has 6 nitrogen and oxygen atoms in total. The number of aromatic nitrogens is 4. The largest absolute Gasteiger partial charge is 0.370 e. The minimum atomic E-state index is -0.130. The molecule has 4 aromatic rings. The lowest BCUT2D eigenvalue weighted by Gasteiger charge is -2.35. The summed E-state index contributed by atoms with van der Waals surface area (Å²) in [6, 6.07) is 0. The van der Waals surface area contributed by atoms with Gasteiger partial charge >= 0.3 is 0 Å². The molecule has 35 heavy (non-hydrogen) atoms. The van der Waals surface area contributed by atoms with Crippen LogP contribution >= 0.6 is 11.3 Å². The van der Waals surface area contributed by atoms with E-state index in [1.165, 1.54) is 69.4 Å². The van der Waals surface area contributed by atoms with Crippen LogP contribution < -0.4 is 5.73 Å². The van der Waals surface area contributed by atoms with Gasteiger partial charge in [0.2, 0.25) is 5.91 Å². The van der Waals surface area contributed by atoms with E-state index in [0.717, 1.165) is 5.65 Å². The van der Waals surface area contributed by atoms with Gasteiger partial charge in [-0.3, -0.25) is 4.79 Å². The number of amides is 1. The maximum absolute atomic E-state index is 11.6. The van der Waals surface area contributed by atoms with Crippen molar-refractivity contribution in [1.29, 1.82) is 0 Å². The molecular formula is C28H35N5OS. The summed E-state index contributed by atoms with van der Waals surface area (Å²) in [5.41, 5.74) is 14.2. The normalized spacial score (nSPS) is 24.3. The highest BCUT2D eigenvalue weighted by Crippen LogP contribution is 2.55. The SMILES string of the molecule is Cc1c(-c2[nH]c3sc([C@H]4CC5CC[C@H](C4)C5CC(N)=O)c(C)c3c2C(C)C)cn2ncnc2c1C. The summed E-state index contributed by atoms with van der Waals surface area (Å²) >= 11 is 1.96. The summed E-state index contributed by atoms with van der Waals surface area (Å²) in [6.07, 6.45) is 9.23. The molecule has 0 aliphatic heterocycles. The van der Waals surface area contributed by atoms with Crippen molar-refractivity contribution in [2.75, 3.05) is 0 Å². The number of hydrogen-bond donors (Lipinski definition) is 2. The third-order valence-electron chi connectivity index (χ3n) is 9.04. The van der Waals surface area contributed by atoms with Crippen LogP contribution in [0.3, 0.4) is 0 Å². The average molecular weight is 490 g/mol. The van der Waals surface area contributed by atoms with E-state index in [1.807, 2.05) is 15.9 Å². The van der Waals surface area contributed by atoms with E-state index in [1.54, 1.807) is 11.2 Å². The van der Waals surface area contributed by atoms with Crippen molar-refractivity contribution < 1.29 is 4.79 Å². The van der Waals surface area contributed by atoms with Crippen molar-refractivity contribution >= 4 is 33.1 Å².